The second-order valence-corrected chi connectivity index (χ2v) is 7.88. The second kappa shape index (κ2) is 4.47. The van der Waals surface area contributed by atoms with E-state index in [-0.39, 0.29) is 0 Å². The Hall–Kier alpha value is 0.217. The minimum Gasteiger partial charge on any atom is -0.0731 e. The Morgan fingerprint density at radius 3 is 2.50 bits per heavy atom. The summed E-state index contributed by atoms with van der Waals surface area (Å²) in [6, 6.07) is 0. The van der Waals surface area contributed by atoms with Gasteiger partial charge in [0.05, 0.1) is 0 Å². The van der Waals surface area contributed by atoms with Gasteiger partial charge in [0.2, 0.25) is 0 Å². The number of fused-ring (bicyclic) bond motifs is 3. The molecule has 0 heterocycles. The van der Waals surface area contributed by atoms with Crippen LogP contribution >= 0.6 is 0 Å². The van der Waals surface area contributed by atoms with Crippen molar-refractivity contribution < 1.29 is 0 Å². The topological polar surface area (TPSA) is 0 Å². The first-order valence-electron chi connectivity index (χ1n) is 7.48. The van der Waals surface area contributed by atoms with Gasteiger partial charge in [-0.3, -0.25) is 0 Å². The van der Waals surface area contributed by atoms with E-state index in [1.54, 1.807) is 32.1 Å². The normalized spacial score (nSPS) is 52.1. The molecular formula is C15H26Si. The van der Waals surface area contributed by atoms with Gasteiger partial charge in [0.15, 0.2) is 0 Å². The lowest BCUT2D eigenvalue weighted by molar-refractivity contribution is 0.0727. The maximum absolute atomic E-state index is 2.54. The van der Waals surface area contributed by atoms with Gasteiger partial charge in [0.1, 0.15) is 0 Å². The van der Waals surface area contributed by atoms with E-state index in [1.807, 2.05) is 0 Å². The summed E-state index contributed by atoms with van der Waals surface area (Å²) in [6.45, 7) is 4.99. The standard InChI is InChI=1S/C15H26Si/c1-10-9-14-12-6-4-3-5-11(12)7-8-13(14)15(10)16-2/h10-15H,3-9H2,1-2H3. The fourth-order valence-electron chi connectivity index (χ4n) is 5.39. The predicted molar refractivity (Wildman–Crippen MR) is 70.8 cm³/mol. The van der Waals surface area contributed by atoms with Crippen molar-refractivity contribution in [2.24, 2.45) is 29.6 Å². The van der Waals surface area contributed by atoms with Crippen molar-refractivity contribution in [2.75, 3.05) is 0 Å². The Balaban J connectivity index is 1.78. The molecule has 3 fully saturated rings. The molecule has 2 radical (unpaired) electrons. The van der Waals surface area contributed by atoms with Crippen LogP contribution in [-0.4, -0.2) is 9.52 Å². The first kappa shape index (κ1) is 11.3. The first-order chi connectivity index (χ1) is 7.81. The van der Waals surface area contributed by atoms with Crippen LogP contribution in [0.3, 0.4) is 0 Å². The highest BCUT2D eigenvalue weighted by Gasteiger charge is 2.48. The predicted octanol–water partition coefficient (Wildman–Crippen LogP) is 4.40. The quantitative estimate of drug-likeness (QED) is 0.590. The van der Waals surface area contributed by atoms with E-state index in [9.17, 15) is 0 Å². The minimum absolute atomic E-state index is 1.04. The molecule has 3 saturated carbocycles. The Morgan fingerprint density at radius 1 is 0.875 bits per heavy atom. The zero-order chi connectivity index (χ0) is 11.1. The van der Waals surface area contributed by atoms with Gasteiger partial charge in [-0.15, -0.1) is 0 Å². The van der Waals surface area contributed by atoms with Crippen molar-refractivity contribution in [3.05, 3.63) is 0 Å². The highest BCUT2D eigenvalue weighted by Crippen LogP contribution is 2.58. The second-order valence-electron chi connectivity index (χ2n) is 6.64. The zero-order valence-electron chi connectivity index (χ0n) is 10.9. The Bertz CT molecular complexity index is 248. The van der Waals surface area contributed by atoms with Crippen LogP contribution in [0.25, 0.3) is 0 Å². The van der Waals surface area contributed by atoms with Gasteiger partial charge in [-0.05, 0) is 60.8 Å². The fourth-order valence-corrected chi connectivity index (χ4v) is 6.94. The fraction of sp³-hybridized carbons (Fsp3) is 1.00. The molecule has 0 bridgehead atoms. The molecule has 1 heteroatoms. The van der Waals surface area contributed by atoms with Crippen LogP contribution in [0.2, 0.25) is 12.1 Å². The Labute approximate surface area is 103 Å². The zero-order valence-corrected chi connectivity index (χ0v) is 11.9. The third-order valence-corrected chi connectivity index (χ3v) is 7.65. The third-order valence-electron chi connectivity index (χ3n) is 5.99. The van der Waals surface area contributed by atoms with Crippen LogP contribution in [0.4, 0.5) is 0 Å². The molecule has 0 aromatic heterocycles. The molecule has 0 aliphatic heterocycles. The van der Waals surface area contributed by atoms with Crippen molar-refractivity contribution in [2.45, 2.75) is 64.0 Å². The molecule has 0 aromatic carbocycles. The van der Waals surface area contributed by atoms with Crippen LogP contribution in [-0.2, 0) is 0 Å². The highest BCUT2D eigenvalue weighted by atomic mass is 28.2. The molecule has 0 N–H and O–H groups in total. The van der Waals surface area contributed by atoms with Gasteiger partial charge in [-0.1, -0.05) is 32.7 Å². The number of hydrogen-bond donors (Lipinski definition) is 0. The summed E-state index contributed by atoms with van der Waals surface area (Å²) < 4.78 is 0. The van der Waals surface area contributed by atoms with E-state index in [0.29, 0.717) is 0 Å². The maximum atomic E-state index is 2.54. The molecule has 6 unspecified atom stereocenters. The maximum Gasteiger partial charge on any atom is 0.0385 e. The lowest BCUT2D eigenvalue weighted by Crippen LogP contribution is -2.35. The average Bonchev–Trinajstić information content (AvgIpc) is 2.65. The highest BCUT2D eigenvalue weighted by molar-refractivity contribution is 6.36. The van der Waals surface area contributed by atoms with Crippen LogP contribution in [0, 0.1) is 29.6 Å². The Kier molecular flexibility index (Phi) is 3.16. The third kappa shape index (κ3) is 1.70. The number of hydrogen-bond acceptors (Lipinski definition) is 0. The first-order valence-corrected chi connectivity index (χ1v) is 9.06. The van der Waals surface area contributed by atoms with Crippen molar-refractivity contribution in [3.63, 3.8) is 0 Å². The molecule has 90 valence electrons. The van der Waals surface area contributed by atoms with Crippen molar-refractivity contribution in [3.8, 4) is 0 Å². The summed E-state index contributed by atoms with van der Waals surface area (Å²) in [5.41, 5.74) is 1.10. The van der Waals surface area contributed by atoms with E-state index in [2.05, 4.69) is 13.5 Å². The van der Waals surface area contributed by atoms with E-state index >= 15 is 0 Å². The SMILES string of the molecule is C[Si]C1C(C)CC2C3CCCCC3CCC21. The molecule has 0 aromatic rings. The van der Waals surface area contributed by atoms with Gasteiger partial charge < -0.3 is 0 Å². The van der Waals surface area contributed by atoms with E-state index in [0.717, 1.165) is 35.1 Å². The van der Waals surface area contributed by atoms with E-state index in [4.69, 9.17) is 0 Å². The van der Waals surface area contributed by atoms with Gasteiger partial charge in [0, 0.05) is 9.52 Å². The monoisotopic (exact) mass is 234 g/mol. The molecule has 16 heavy (non-hydrogen) atoms. The summed E-state index contributed by atoms with van der Waals surface area (Å²) in [5, 5.41) is 0. The molecule has 6 atom stereocenters. The van der Waals surface area contributed by atoms with Crippen LogP contribution in [0.5, 0.6) is 0 Å². The molecule has 0 saturated heterocycles. The Morgan fingerprint density at radius 2 is 1.69 bits per heavy atom. The van der Waals surface area contributed by atoms with Gasteiger partial charge in [0.25, 0.3) is 0 Å². The average molecular weight is 234 g/mol. The summed E-state index contributed by atoms with van der Waals surface area (Å²) in [4.78, 5) is 0. The summed E-state index contributed by atoms with van der Waals surface area (Å²) in [6.07, 6.45) is 11.0. The van der Waals surface area contributed by atoms with Gasteiger partial charge in [-0.2, -0.15) is 0 Å². The number of rotatable bonds is 1. The summed E-state index contributed by atoms with van der Waals surface area (Å²) >= 11 is 0. The largest absolute Gasteiger partial charge is 0.0731 e. The van der Waals surface area contributed by atoms with Gasteiger partial charge in [-0.25, -0.2) is 0 Å². The van der Waals surface area contributed by atoms with Crippen molar-refractivity contribution >= 4 is 9.52 Å². The van der Waals surface area contributed by atoms with Crippen LogP contribution in [0.1, 0.15) is 51.9 Å². The molecule has 3 rings (SSSR count). The van der Waals surface area contributed by atoms with Crippen LogP contribution < -0.4 is 0 Å². The summed E-state index contributed by atoms with van der Waals surface area (Å²) in [5.74, 6) is 5.61. The molecular weight excluding hydrogens is 208 g/mol. The van der Waals surface area contributed by atoms with E-state index < -0.39 is 0 Å². The molecule has 3 aliphatic rings. The minimum atomic E-state index is 1.04. The van der Waals surface area contributed by atoms with Crippen molar-refractivity contribution in [1.82, 2.24) is 0 Å². The lowest BCUT2D eigenvalue weighted by atomic mass is 9.62. The van der Waals surface area contributed by atoms with E-state index in [1.165, 1.54) is 22.4 Å². The summed E-state index contributed by atoms with van der Waals surface area (Å²) in [7, 11) is 1.20. The molecule has 0 spiro atoms. The molecule has 0 amide bonds. The van der Waals surface area contributed by atoms with Gasteiger partial charge >= 0.3 is 0 Å². The van der Waals surface area contributed by atoms with Crippen molar-refractivity contribution in [1.29, 1.82) is 0 Å². The smallest absolute Gasteiger partial charge is 0.0385 e. The lowest BCUT2D eigenvalue weighted by Gasteiger charge is -2.44. The molecule has 0 nitrogen and oxygen atoms in total. The van der Waals surface area contributed by atoms with Crippen LogP contribution in [0.15, 0.2) is 0 Å². The molecule has 3 aliphatic carbocycles.